The van der Waals surface area contributed by atoms with Crippen LogP contribution in [0.25, 0.3) is 0 Å². The highest BCUT2D eigenvalue weighted by Gasteiger charge is 2.31. The first kappa shape index (κ1) is 13.2. The number of hydrogen-bond donors (Lipinski definition) is 1. The van der Waals surface area contributed by atoms with Crippen molar-refractivity contribution in [1.29, 1.82) is 0 Å². The average molecular weight is 334 g/mol. The summed E-state index contributed by atoms with van der Waals surface area (Å²) in [5.74, 6) is 0.546. The zero-order chi connectivity index (χ0) is 14.3. The fourth-order valence-corrected chi connectivity index (χ4v) is 3.09. The fraction of sp³-hybridized carbons (Fsp3) is 0.286. The van der Waals surface area contributed by atoms with Gasteiger partial charge in [0.1, 0.15) is 0 Å². The number of aromatic nitrogens is 2. The number of aliphatic imine (C=N–C) groups is 1. The molecule has 1 atom stereocenters. The van der Waals surface area contributed by atoms with Gasteiger partial charge in [-0.15, -0.1) is 0 Å². The summed E-state index contributed by atoms with van der Waals surface area (Å²) in [6, 6.07) is 8.13. The van der Waals surface area contributed by atoms with Crippen molar-refractivity contribution in [2.75, 3.05) is 11.4 Å². The van der Waals surface area contributed by atoms with Crippen LogP contribution in [0.5, 0.6) is 0 Å². The largest absolute Gasteiger partial charge is 0.369 e. The predicted octanol–water partition coefficient (Wildman–Crippen LogP) is 2.37. The van der Waals surface area contributed by atoms with E-state index >= 15 is 0 Å². The molecule has 0 fully saturated rings. The van der Waals surface area contributed by atoms with E-state index in [4.69, 9.17) is 5.73 Å². The van der Waals surface area contributed by atoms with Crippen LogP contribution in [0.1, 0.15) is 17.3 Å². The minimum atomic E-state index is 0.0994. The number of anilines is 1. The lowest BCUT2D eigenvalue weighted by molar-refractivity contribution is 0.751. The maximum Gasteiger partial charge on any atom is 0.196 e. The van der Waals surface area contributed by atoms with E-state index in [2.05, 4.69) is 30.9 Å². The van der Waals surface area contributed by atoms with Gasteiger partial charge >= 0.3 is 0 Å². The van der Waals surface area contributed by atoms with Gasteiger partial charge in [-0.05, 0) is 35.0 Å². The Balaban J connectivity index is 2.05. The normalized spacial score (nSPS) is 18.4. The molecule has 2 aromatic rings. The van der Waals surface area contributed by atoms with Gasteiger partial charge in [0.2, 0.25) is 0 Å². The third kappa shape index (κ3) is 2.10. The summed E-state index contributed by atoms with van der Waals surface area (Å²) >= 11 is 3.58. The molecular formula is C14H16BrN5. The number of rotatable bonds is 2. The van der Waals surface area contributed by atoms with E-state index in [1.807, 2.05) is 49.1 Å². The monoisotopic (exact) mass is 333 g/mol. The van der Waals surface area contributed by atoms with Gasteiger partial charge in [-0.3, -0.25) is 9.67 Å². The maximum absolute atomic E-state index is 6.09. The standard InChI is InChI=1S/C14H16BrN5/c1-9-10(8-19(2)18-9)13-7-17-14(16)20(13)12-6-4-3-5-11(12)15/h3-6,8,13H,7H2,1-2H3,(H2,16,17). The Morgan fingerprint density at radius 2 is 2.10 bits per heavy atom. The van der Waals surface area contributed by atoms with Crippen molar-refractivity contribution < 1.29 is 0 Å². The van der Waals surface area contributed by atoms with Crippen LogP contribution >= 0.6 is 15.9 Å². The first-order valence-electron chi connectivity index (χ1n) is 6.41. The lowest BCUT2D eigenvalue weighted by Crippen LogP contribution is -2.36. The first-order chi connectivity index (χ1) is 9.58. The van der Waals surface area contributed by atoms with E-state index < -0.39 is 0 Å². The Kier molecular flexibility index (Phi) is 3.25. The Bertz CT molecular complexity index is 676. The van der Waals surface area contributed by atoms with Crippen molar-refractivity contribution in [2.45, 2.75) is 13.0 Å². The van der Waals surface area contributed by atoms with Crippen LogP contribution in [-0.2, 0) is 7.05 Å². The molecule has 0 spiro atoms. The molecule has 5 nitrogen and oxygen atoms in total. The van der Waals surface area contributed by atoms with Crippen LogP contribution in [0.2, 0.25) is 0 Å². The van der Waals surface area contributed by atoms with Crippen molar-refractivity contribution in [1.82, 2.24) is 9.78 Å². The summed E-state index contributed by atoms with van der Waals surface area (Å²) in [5.41, 5.74) is 9.29. The lowest BCUT2D eigenvalue weighted by atomic mass is 10.1. The Morgan fingerprint density at radius 1 is 1.35 bits per heavy atom. The smallest absolute Gasteiger partial charge is 0.196 e. The highest BCUT2D eigenvalue weighted by molar-refractivity contribution is 9.10. The minimum absolute atomic E-state index is 0.0994. The minimum Gasteiger partial charge on any atom is -0.369 e. The van der Waals surface area contributed by atoms with E-state index in [0.717, 1.165) is 21.4 Å². The van der Waals surface area contributed by atoms with Crippen LogP contribution < -0.4 is 10.6 Å². The number of hydrogen-bond acceptors (Lipinski definition) is 4. The van der Waals surface area contributed by atoms with Gasteiger partial charge in [0, 0.05) is 23.3 Å². The van der Waals surface area contributed by atoms with Gasteiger partial charge in [-0.1, -0.05) is 12.1 Å². The molecule has 3 rings (SSSR count). The molecule has 0 saturated heterocycles. The zero-order valence-electron chi connectivity index (χ0n) is 11.4. The van der Waals surface area contributed by atoms with Gasteiger partial charge < -0.3 is 10.6 Å². The quantitative estimate of drug-likeness (QED) is 0.917. The van der Waals surface area contributed by atoms with Gasteiger partial charge in [-0.25, -0.2) is 0 Å². The zero-order valence-corrected chi connectivity index (χ0v) is 13.0. The molecule has 0 saturated carbocycles. The average Bonchev–Trinajstić information content (AvgIpc) is 2.93. The van der Waals surface area contributed by atoms with E-state index in [-0.39, 0.29) is 6.04 Å². The second-order valence-electron chi connectivity index (χ2n) is 4.88. The van der Waals surface area contributed by atoms with E-state index in [9.17, 15) is 0 Å². The summed E-state index contributed by atoms with van der Waals surface area (Å²) in [6.45, 7) is 2.67. The molecule has 0 radical (unpaired) electrons. The molecule has 1 aliphatic rings. The van der Waals surface area contributed by atoms with Crippen molar-refractivity contribution >= 4 is 27.6 Å². The second-order valence-corrected chi connectivity index (χ2v) is 5.73. The molecule has 0 aliphatic carbocycles. The van der Waals surface area contributed by atoms with Gasteiger partial charge in [0.05, 0.1) is 24.0 Å². The summed E-state index contributed by atoms with van der Waals surface area (Å²) in [5, 5.41) is 4.42. The van der Waals surface area contributed by atoms with Crippen molar-refractivity contribution in [3.8, 4) is 0 Å². The molecule has 0 bridgehead atoms. The summed E-state index contributed by atoms with van der Waals surface area (Å²) < 4.78 is 2.84. The Hall–Kier alpha value is -1.82. The molecule has 1 aliphatic heterocycles. The third-order valence-electron chi connectivity index (χ3n) is 3.51. The van der Waals surface area contributed by atoms with Gasteiger partial charge in [-0.2, -0.15) is 5.10 Å². The molecule has 0 amide bonds. The molecule has 2 N–H and O–H groups in total. The van der Waals surface area contributed by atoms with E-state index in [1.165, 1.54) is 0 Å². The molecule has 6 heteroatoms. The summed E-state index contributed by atoms with van der Waals surface area (Å²) in [6.07, 6.45) is 2.04. The summed E-state index contributed by atoms with van der Waals surface area (Å²) in [7, 11) is 1.93. The fourth-order valence-electron chi connectivity index (χ4n) is 2.62. The molecular weight excluding hydrogens is 318 g/mol. The first-order valence-corrected chi connectivity index (χ1v) is 7.21. The number of guanidine groups is 1. The maximum atomic E-state index is 6.09. The van der Waals surface area contributed by atoms with Crippen LogP contribution in [0.15, 0.2) is 39.9 Å². The van der Waals surface area contributed by atoms with Crippen LogP contribution in [0.4, 0.5) is 5.69 Å². The van der Waals surface area contributed by atoms with Crippen LogP contribution in [0, 0.1) is 6.92 Å². The van der Waals surface area contributed by atoms with Gasteiger partial charge in [0.15, 0.2) is 5.96 Å². The van der Waals surface area contributed by atoms with E-state index in [1.54, 1.807) is 0 Å². The van der Waals surface area contributed by atoms with Crippen molar-refractivity contribution in [3.05, 3.63) is 46.2 Å². The molecule has 1 aromatic carbocycles. The molecule has 20 heavy (non-hydrogen) atoms. The number of para-hydroxylation sites is 1. The number of nitrogens with two attached hydrogens (primary N) is 1. The molecule has 104 valence electrons. The predicted molar refractivity (Wildman–Crippen MR) is 83.8 cm³/mol. The molecule has 1 aromatic heterocycles. The van der Waals surface area contributed by atoms with Crippen molar-refractivity contribution in [3.63, 3.8) is 0 Å². The molecule has 1 unspecified atom stereocenters. The Labute approximate surface area is 126 Å². The highest BCUT2D eigenvalue weighted by atomic mass is 79.9. The van der Waals surface area contributed by atoms with Crippen molar-refractivity contribution in [2.24, 2.45) is 17.8 Å². The van der Waals surface area contributed by atoms with E-state index in [0.29, 0.717) is 12.5 Å². The SMILES string of the molecule is Cc1nn(C)cc1C1CN=C(N)N1c1ccccc1Br. The number of benzene rings is 1. The number of aryl methyl sites for hydroxylation is 2. The molecule has 2 heterocycles. The highest BCUT2D eigenvalue weighted by Crippen LogP contribution is 2.36. The van der Waals surface area contributed by atoms with Crippen LogP contribution in [-0.4, -0.2) is 22.3 Å². The second kappa shape index (κ2) is 4.94. The number of halogens is 1. The topological polar surface area (TPSA) is 59.4 Å². The third-order valence-corrected chi connectivity index (χ3v) is 4.18. The van der Waals surface area contributed by atoms with Crippen LogP contribution in [0.3, 0.4) is 0 Å². The summed E-state index contributed by atoms with van der Waals surface area (Å²) in [4.78, 5) is 6.47. The number of nitrogens with zero attached hydrogens (tertiary/aromatic N) is 4. The van der Waals surface area contributed by atoms with Gasteiger partial charge in [0.25, 0.3) is 0 Å². The Morgan fingerprint density at radius 3 is 2.75 bits per heavy atom. The lowest BCUT2D eigenvalue weighted by Gasteiger charge is -2.27.